The molecule has 0 N–H and O–H groups in total. The molecule has 2 atom stereocenters. The first-order chi connectivity index (χ1) is 9.60. The molecule has 122 valence electrons. The fourth-order valence-electron chi connectivity index (χ4n) is 2.18. The van der Waals surface area contributed by atoms with Gasteiger partial charge in [0.15, 0.2) is 16.7 Å². The van der Waals surface area contributed by atoms with Gasteiger partial charge in [0.05, 0.1) is 18.9 Å². The minimum absolute atomic E-state index is 0.244. The van der Waals surface area contributed by atoms with Crippen molar-refractivity contribution in [3.63, 3.8) is 0 Å². The van der Waals surface area contributed by atoms with E-state index in [4.69, 9.17) is 0 Å². The average Bonchev–Trinajstić information content (AvgIpc) is 2.42. The number of carbonyl (C=O) groups is 2. The van der Waals surface area contributed by atoms with Crippen LogP contribution in [0.2, 0.25) is 0 Å². The molecule has 0 heterocycles. The highest BCUT2D eigenvalue weighted by atomic mass is 32.2. The van der Waals surface area contributed by atoms with Crippen molar-refractivity contribution < 1.29 is 40.8 Å². The first kappa shape index (κ1) is 17.8. The van der Waals surface area contributed by atoms with Gasteiger partial charge in [0.1, 0.15) is 0 Å². The van der Waals surface area contributed by atoms with Gasteiger partial charge in [0.2, 0.25) is 0 Å². The summed E-state index contributed by atoms with van der Waals surface area (Å²) in [6.45, 7) is -1.86. The van der Waals surface area contributed by atoms with E-state index in [0.717, 1.165) is 7.11 Å². The van der Waals surface area contributed by atoms with Gasteiger partial charge in [-0.3, -0.25) is 9.59 Å². The van der Waals surface area contributed by atoms with Crippen LogP contribution in [0.25, 0.3) is 0 Å². The van der Waals surface area contributed by atoms with E-state index < -0.39 is 45.8 Å². The molecule has 1 fully saturated rings. The summed E-state index contributed by atoms with van der Waals surface area (Å²) in [5, 5.41) is -4.70. The Kier molecular flexibility index (Phi) is 5.62. The van der Waals surface area contributed by atoms with Crippen LogP contribution < -0.4 is 0 Å². The van der Waals surface area contributed by atoms with Crippen molar-refractivity contribution in [1.82, 2.24) is 0 Å². The molecular weight excluding hydrogens is 314 g/mol. The Morgan fingerprint density at radius 2 is 1.67 bits per heavy atom. The summed E-state index contributed by atoms with van der Waals surface area (Å²) in [5.41, 5.74) is 0. The van der Waals surface area contributed by atoms with Gasteiger partial charge >= 0.3 is 17.2 Å². The third kappa shape index (κ3) is 4.34. The van der Waals surface area contributed by atoms with Gasteiger partial charge in [0, 0.05) is 0 Å². The van der Waals surface area contributed by atoms with Gasteiger partial charge in [-0.05, 0) is 12.8 Å². The monoisotopic (exact) mass is 329 g/mol. The fraction of sp³-hybridized carbons (Fsp3) is 0.818. The number of hydrogen-bond donors (Lipinski definition) is 0. The minimum Gasteiger partial charge on any atom is -0.743 e. The van der Waals surface area contributed by atoms with E-state index in [1.54, 1.807) is 0 Å². The van der Waals surface area contributed by atoms with Gasteiger partial charge < -0.3 is 14.0 Å². The predicted octanol–water partition coefficient (Wildman–Crippen LogP) is 0.647. The summed E-state index contributed by atoms with van der Waals surface area (Å²) in [6, 6.07) is 0. The Morgan fingerprint density at radius 3 is 2.10 bits per heavy atom. The predicted molar refractivity (Wildman–Crippen MR) is 63.1 cm³/mol. The van der Waals surface area contributed by atoms with E-state index in [9.17, 15) is 31.3 Å². The van der Waals surface area contributed by atoms with Crippen LogP contribution in [0.3, 0.4) is 0 Å². The maximum atomic E-state index is 12.9. The lowest BCUT2D eigenvalue weighted by molar-refractivity contribution is -0.164. The highest BCUT2D eigenvalue weighted by molar-refractivity contribution is 7.86. The average molecular weight is 329 g/mol. The second-order valence-corrected chi connectivity index (χ2v) is 6.23. The Morgan fingerprint density at radius 1 is 1.19 bits per heavy atom. The normalized spacial score (nSPS) is 23.4. The molecule has 0 saturated heterocycles. The summed E-state index contributed by atoms with van der Waals surface area (Å²) < 4.78 is 65.4. The van der Waals surface area contributed by atoms with Crippen LogP contribution in [0.5, 0.6) is 0 Å². The van der Waals surface area contributed by atoms with E-state index in [-0.39, 0.29) is 6.42 Å². The summed E-state index contributed by atoms with van der Waals surface area (Å²) in [7, 11) is -4.78. The molecule has 1 aliphatic rings. The van der Waals surface area contributed by atoms with Gasteiger partial charge in [-0.1, -0.05) is 12.8 Å². The highest BCUT2D eigenvalue weighted by Crippen LogP contribution is 2.32. The zero-order valence-electron chi connectivity index (χ0n) is 11.2. The van der Waals surface area contributed by atoms with E-state index >= 15 is 0 Å². The van der Waals surface area contributed by atoms with E-state index in [2.05, 4.69) is 9.47 Å². The van der Waals surface area contributed by atoms with Gasteiger partial charge in [0.25, 0.3) is 0 Å². The molecule has 21 heavy (non-hydrogen) atoms. The number of esters is 2. The van der Waals surface area contributed by atoms with Crippen LogP contribution in [-0.2, 0) is 29.2 Å². The van der Waals surface area contributed by atoms with E-state index in [1.165, 1.54) is 0 Å². The van der Waals surface area contributed by atoms with Crippen LogP contribution in [0, 0.1) is 11.8 Å². The van der Waals surface area contributed by atoms with Gasteiger partial charge in [-0.25, -0.2) is 8.42 Å². The summed E-state index contributed by atoms with van der Waals surface area (Å²) >= 11 is 0. The van der Waals surface area contributed by atoms with Crippen molar-refractivity contribution >= 4 is 22.1 Å². The Bertz CT molecular complexity index is 503. The third-order valence-corrected chi connectivity index (χ3v) is 4.17. The molecule has 0 aromatic rings. The van der Waals surface area contributed by atoms with Crippen LogP contribution in [0.4, 0.5) is 8.78 Å². The molecule has 0 radical (unpaired) electrons. The van der Waals surface area contributed by atoms with E-state index in [0.29, 0.717) is 19.3 Å². The highest BCUT2D eigenvalue weighted by Gasteiger charge is 2.42. The van der Waals surface area contributed by atoms with Crippen LogP contribution in [0.1, 0.15) is 25.7 Å². The number of carbonyl (C=O) groups excluding carboxylic acids is 2. The Hall–Kier alpha value is -1.29. The lowest BCUT2D eigenvalue weighted by atomic mass is 9.79. The van der Waals surface area contributed by atoms with Crippen molar-refractivity contribution in [2.24, 2.45) is 11.8 Å². The zero-order chi connectivity index (χ0) is 16.3. The number of ether oxygens (including phenoxy) is 2. The van der Waals surface area contributed by atoms with Crippen molar-refractivity contribution in [2.75, 3.05) is 13.7 Å². The molecule has 0 amide bonds. The molecule has 7 nitrogen and oxygen atoms in total. The smallest absolute Gasteiger partial charge is 0.367 e. The lowest BCUT2D eigenvalue weighted by Crippen LogP contribution is -2.39. The van der Waals surface area contributed by atoms with Crippen LogP contribution in [-0.4, -0.2) is 43.9 Å². The molecule has 1 saturated carbocycles. The second kappa shape index (κ2) is 6.65. The third-order valence-electron chi connectivity index (χ3n) is 3.32. The molecular formula is C11H15F2O7S-. The number of alkyl halides is 2. The summed E-state index contributed by atoms with van der Waals surface area (Å²) in [6.07, 6.45) is 1.87. The standard InChI is InChI=1S/C11H16F2O7S/c1-19-9(14)7-4-2-3-5-8(7)10(15)20-6-11(12,13)21(16,17)18/h7-8H,2-6H2,1H3,(H,16,17,18)/p-1. The zero-order valence-corrected chi connectivity index (χ0v) is 12.0. The number of halogens is 2. The molecule has 1 aliphatic carbocycles. The summed E-state index contributed by atoms with van der Waals surface area (Å²) in [5.74, 6) is -3.57. The Labute approximate surface area is 120 Å². The minimum atomic E-state index is -5.92. The fourth-order valence-corrected chi connectivity index (χ4v) is 2.38. The van der Waals surface area contributed by atoms with Crippen LogP contribution >= 0.6 is 0 Å². The molecule has 0 aromatic heterocycles. The molecule has 0 aromatic carbocycles. The first-order valence-corrected chi connectivity index (χ1v) is 7.58. The van der Waals surface area contributed by atoms with Gasteiger partial charge in [-0.15, -0.1) is 0 Å². The first-order valence-electron chi connectivity index (χ1n) is 6.18. The second-order valence-electron chi connectivity index (χ2n) is 4.72. The molecule has 10 heteroatoms. The van der Waals surface area contributed by atoms with Crippen molar-refractivity contribution in [2.45, 2.75) is 30.9 Å². The number of rotatable bonds is 5. The van der Waals surface area contributed by atoms with Crippen molar-refractivity contribution in [3.05, 3.63) is 0 Å². The molecule has 0 aliphatic heterocycles. The molecule has 1 rings (SSSR count). The number of methoxy groups -OCH3 is 1. The summed E-state index contributed by atoms with van der Waals surface area (Å²) in [4.78, 5) is 23.3. The lowest BCUT2D eigenvalue weighted by Gasteiger charge is -2.28. The van der Waals surface area contributed by atoms with E-state index in [1.807, 2.05) is 0 Å². The topological polar surface area (TPSA) is 110 Å². The molecule has 0 bridgehead atoms. The SMILES string of the molecule is COC(=O)C1CCCCC1C(=O)OCC(F)(F)S(=O)(=O)[O-]. The van der Waals surface area contributed by atoms with Crippen LogP contribution in [0.15, 0.2) is 0 Å². The Balaban J connectivity index is 2.71. The largest absolute Gasteiger partial charge is 0.743 e. The van der Waals surface area contributed by atoms with Gasteiger partial charge in [-0.2, -0.15) is 8.78 Å². The van der Waals surface area contributed by atoms with Crippen molar-refractivity contribution in [1.29, 1.82) is 0 Å². The maximum Gasteiger partial charge on any atom is 0.367 e. The number of hydrogen-bond acceptors (Lipinski definition) is 7. The maximum absolute atomic E-state index is 12.9. The quantitative estimate of drug-likeness (QED) is 0.538. The van der Waals surface area contributed by atoms with Crippen molar-refractivity contribution in [3.8, 4) is 0 Å². The molecule has 0 spiro atoms. The molecule has 2 unspecified atom stereocenters.